The zero-order valence-electron chi connectivity index (χ0n) is 9.05. The van der Waals surface area contributed by atoms with Gasteiger partial charge in [-0.1, -0.05) is 23.7 Å². The second-order valence-electron chi connectivity index (χ2n) is 3.85. The standard InChI is InChI=1S/C13H7BrClFN2/c14-10-6-18-13-11(12(10)15)9(5-17-13)7-1-3-8(16)4-2-7/h1-6H,(H,17,18). The molecule has 2 nitrogen and oxygen atoms in total. The largest absolute Gasteiger partial charge is 0.345 e. The van der Waals surface area contributed by atoms with Gasteiger partial charge in [0, 0.05) is 23.3 Å². The molecule has 5 heteroatoms. The van der Waals surface area contributed by atoms with Gasteiger partial charge >= 0.3 is 0 Å². The van der Waals surface area contributed by atoms with E-state index in [1.807, 2.05) is 6.20 Å². The molecule has 0 saturated heterocycles. The highest BCUT2D eigenvalue weighted by molar-refractivity contribution is 9.10. The van der Waals surface area contributed by atoms with Crippen molar-refractivity contribution in [1.29, 1.82) is 0 Å². The van der Waals surface area contributed by atoms with Crippen molar-refractivity contribution in [2.45, 2.75) is 0 Å². The first-order chi connectivity index (χ1) is 8.66. The molecule has 0 fully saturated rings. The third-order valence-electron chi connectivity index (χ3n) is 2.75. The molecule has 2 aromatic heterocycles. The van der Waals surface area contributed by atoms with E-state index in [1.54, 1.807) is 18.3 Å². The van der Waals surface area contributed by atoms with Gasteiger partial charge in [0.1, 0.15) is 11.5 Å². The fourth-order valence-corrected chi connectivity index (χ4v) is 2.43. The molecular formula is C13H7BrClFN2. The zero-order chi connectivity index (χ0) is 12.7. The minimum absolute atomic E-state index is 0.260. The predicted octanol–water partition coefficient (Wildman–Crippen LogP) is 4.78. The van der Waals surface area contributed by atoms with Gasteiger partial charge in [-0.15, -0.1) is 0 Å². The Hall–Kier alpha value is -1.39. The maximum Gasteiger partial charge on any atom is 0.139 e. The SMILES string of the molecule is Fc1ccc(-c2c[nH]c3ncc(Br)c(Cl)c23)cc1. The van der Waals surface area contributed by atoms with Gasteiger partial charge in [-0.05, 0) is 33.6 Å². The third-order valence-corrected chi connectivity index (χ3v) is 3.97. The fraction of sp³-hybridized carbons (Fsp3) is 0. The quantitative estimate of drug-likeness (QED) is 0.685. The molecule has 0 spiro atoms. The summed E-state index contributed by atoms with van der Waals surface area (Å²) in [6.45, 7) is 0. The third kappa shape index (κ3) is 1.82. The summed E-state index contributed by atoms with van der Waals surface area (Å²) in [4.78, 5) is 7.30. The van der Waals surface area contributed by atoms with Crippen LogP contribution in [0.15, 0.2) is 41.1 Å². The van der Waals surface area contributed by atoms with E-state index in [9.17, 15) is 4.39 Å². The van der Waals surface area contributed by atoms with Gasteiger partial charge in [-0.2, -0.15) is 0 Å². The Morgan fingerprint density at radius 3 is 2.67 bits per heavy atom. The molecule has 0 aliphatic carbocycles. The van der Waals surface area contributed by atoms with Crippen LogP contribution in [0.4, 0.5) is 4.39 Å². The highest BCUT2D eigenvalue weighted by atomic mass is 79.9. The maximum atomic E-state index is 12.9. The molecule has 18 heavy (non-hydrogen) atoms. The number of aromatic nitrogens is 2. The van der Waals surface area contributed by atoms with Crippen LogP contribution in [0, 0.1) is 5.82 Å². The molecule has 0 aliphatic rings. The van der Waals surface area contributed by atoms with Gasteiger partial charge in [0.25, 0.3) is 0 Å². The summed E-state index contributed by atoms with van der Waals surface area (Å²) in [6, 6.07) is 6.28. The van der Waals surface area contributed by atoms with Crippen LogP contribution in [0.1, 0.15) is 0 Å². The van der Waals surface area contributed by atoms with E-state index in [4.69, 9.17) is 11.6 Å². The van der Waals surface area contributed by atoms with E-state index < -0.39 is 0 Å². The number of halogens is 3. The van der Waals surface area contributed by atoms with Gasteiger partial charge in [-0.3, -0.25) is 0 Å². The average molecular weight is 326 g/mol. The summed E-state index contributed by atoms with van der Waals surface area (Å²) < 4.78 is 13.7. The number of hydrogen-bond acceptors (Lipinski definition) is 1. The maximum absolute atomic E-state index is 12.9. The first-order valence-corrected chi connectivity index (χ1v) is 6.41. The normalized spacial score (nSPS) is 11.1. The van der Waals surface area contributed by atoms with Crippen LogP contribution in [-0.4, -0.2) is 9.97 Å². The molecule has 1 N–H and O–H groups in total. The van der Waals surface area contributed by atoms with Gasteiger partial charge in [0.2, 0.25) is 0 Å². The number of benzene rings is 1. The molecule has 1 aromatic carbocycles. The van der Waals surface area contributed by atoms with Crippen molar-refractivity contribution in [3.8, 4) is 11.1 Å². The van der Waals surface area contributed by atoms with Crippen molar-refractivity contribution in [3.63, 3.8) is 0 Å². The minimum Gasteiger partial charge on any atom is -0.345 e. The second-order valence-corrected chi connectivity index (χ2v) is 5.09. The number of pyridine rings is 1. The van der Waals surface area contributed by atoms with Crippen molar-refractivity contribution in [2.24, 2.45) is 0 Å². The van der Waals surface area contributed by atoms with Crippen LogP contribution >= 0.6 is 27.5 Å². The van der Waals surface area contributed by atoms with Crippen LogP contribution < -0.4 is 0 Å². The molecule has 0 amide bonds. The zero-order valence-corrected chi connectivity index (χ0v) is 11.4. The van der Waals surface area contributed by atoms with Crippen molar-refractivity contribution >= 4 is 38.6 Å². The van der Waals surface area contributed by atoms with Gasteiger partial charge in [0.15, 0.2) is 0 Å². The lowest BCUT2D eigenvalue weighted by Crippen LogP contribution is -1.81. The molecule has 3 rings (SSSR count). The molecule has 3 aromatic rings. The number of H-pyrrole nitrogens is 1. The van der Waals surface area contributed by atoms with E-state index in [-0.39, 0.29) is 5.82 Å². The van der Waals surface area contributed by atoms with E-state index >= 15 is 0 Å². The van der Waals surface area contributed by atoms with E-state index in [0.717, 1.165) is 21.0 Å². The van der Waals surface area contributed by atoms with Crippen molar-refractivity contribution in [3.05, 3.63) is 52.0 Å². The number of nitrogens with zero attached hydrogens (tertiary/aromatic N) is 1. The molecular weight excluding hydrogens is 319 g/mol. The predicted molar refractivity (Wildman–Crippen MR) is 74.2 cm³/mol. The fourth-order valence-electron chi connectivity index (χ4n) is 1.89. The minimum atomic E-state index is -0.260. The summed E-state index contributed by atoms with van der Waals surface area (Å²) in [6.07, 6.45) is 3.47. The lowest BCUT2D eigenvalue weighted by molar-refractivity contribution is 0.628. The van der Waals surface area contributed by atoms with Crippen LogP contribution in [0.25, 0.3) is 22.2 Å². The van der Waals surface area contributed by atoms with Crippen molar-refractivity contribution in [1.82, 2.24) is 9.97 Å². The molecule has 0 radical (unpaired) electrons. The molecule has 0 atom stereocenters. The second kappa shape index (κ2) is 4.37. The number of aromatic amines is 1. The van der Waals surface area contributed by atoms with Crippen LogP contribution in [0.3, 0.4) is 0 Å². The Kier molecular flexibility index (Phi) is 2.84. The molecule has 0 bridgehead atoms. The number of nitrogens with one attached hydrogen (secondary N) is 1. The molecule has 0 unspecified atom stereocenters. The van der Waals surface area contributed by atoms with E-state index in [0.29, 0.717) is 10.7 Å². The first kappa shape index (κ1) is 11.7. The van der Waals surface area contributed by atoms with Crippen LogP contribution in [0.2, 0.25) is 5.02 Å². The lowest BCUT2D eigenvalue weighted by atomic mass is 10.1. The summed E-state index contributed by atoms with van der Waals surface area (Å²) in [7, 11) is 0. The number of rotatable bonds is 1. The molecule has 90 valence electrons. The highest BCUT2D eigenvalue weighted by Crippen LogP contribution is 2.36. The Morgan fingerprint density at radius 1 is 1.22 bits per heavy atom. The lowest BCUT2D eigenvalue weighted by Gasteiger charge is -2.02. The van der Waals surface area contributed by atoms with E-state index in [1.165, 1.54) is 12.1 Å². The van der Waals surface area contributed by atoms with Crippen molar-refractivity contribution < 1.29 is 4.39 Å². The van der Waals surface area contributed by atoms with Crippen molar-refractivity contribution in [2.75, 3.05) is 0 Å². The Morgan fingerprint density at radius 2 is 1.94 bits per heavy atom. The van der Waals surface area contributed by atoms with Gasteiger partial charge in [-0.25, -0.2) is 9.37 Å². The van der Waals surface area contributed by atoms with Crippen LogP contribution in [-0.2, 0) is 0 Å². The summed E-state index contributed by atoms with van der Waals surface area (Å²) in [5, 5.41) is 1.43. The smallest absolute Gasteiger partial charge is 0.139 e. The average Bonchev–Trinajstić information content (AvgIpc) is 2.79. The Labute approximate surface area is 116 Å². The Balaban J connectivity index is 2.29. The highest BCUT2D eigenvalue weighted by Gasteiger charge is 2.12. The number of fused-ring (bicyclic) bond motifs is 1. The topological polar surface area (TPSA) is 28.7 Å². The van der Waals surface area contributed by atoms with Gasteiger partial charge < -0.3 is 4.98 Å². The number of hydrogen-bond donors (Lipinski definition) is 1. The van der Waals surface area contributed by atoms with Crippen LogP contribution in [0.5, 0.6) is 0 Å². The summed E-state index contributed by atoms with van der Waals surface area (Å²) >= 11 is 9.62. The molecule has 2 heterocycles. The monoisotopic (exact) mass is 324 g/mol. The van der Waals surface area contributed by atoms with Gasteiger partial charge in [0.05, 0.1) is 9.50 Å². The molecule has 0 aliphatic heterocycles. The first-order valence-electron chi connectivity index (χ1n) is 5.24. The molecule has 0 saturated carbocycles. The Bertz CT molecular complexity index is 722. The van der Waals surface area contributed by atoms with E-state index in [2.05, 4.69) is 25.9 Å². The summed E-state index contributed by atoms with van der Waals surface area (Å²) in [5.41, 5.74) is 2.51. The summed E-state index contributed by atoms with van der Waals surface area (Å²) in [5.74, 6) is -0.260.